The molecule has 0 amide bonds. The van der Waals surface area contributed by atoms with E-state index in [0.29, 0.717) is 13.1 Å². The summed E-state index contributed by atoms with van der Waals surface area (Å²) in [7, 11) is -3.53. The fourth-order valence-corrected chi connectivity index (χ4v) is 3.02. The van der Waals surface area contributed by atoms with E-state index in [4.69, 9.17) is 5.14 Å². The van der Waals surface area contributed by atoms with Crippen LogP contribution in [-0.4, -0.2) is 43.8 Å². The van der Waals surface area contributed by atoms with Crippen LogP contribution in [0, 0.1) is 0 Å². The highest BCUT2D eigenvalue weighted by atomic mass is 32.2. The minimum Gasteiger partial charge on any atom is -0.296 e. The molecule has 0 aromatic heterocycles. The Balaban J connectivity index is 1.92. The van der Waals surface area contributed by atoms with Gasteiger partial charge in [0.2, 0.25) is 0 Å². The van der Waals surface area contributed by atoms with Gasteiger partial charge in [-0.3, -0.25) is 4.90 Å². The van der Waals surface area contributed by atoms with E-state index in [1.54, 1.807) is 0 Å². The lowest BCUT2D eigenvalue weighted by atomic mass is 10.1. The molecule has 1 aromatic rings. The molecular weight excluding hydrogens is 262 g/mol. The number of rotatable bonds is 4. The second-order valence-corrected chi connectivity index (χ2v) is 6.44. The predicted molar refractivity (Wildman–Crippen MR) is 75.8 cm³/mol. The Morgan fingerprint density at radius 3 is 2.37 bits per heavy atom. The van der Waals surface area contributed by atoms with Crippen LogP contribution in [0.5, 0.6) is 0 Å². The first-order valence-corrected chi connectivity index (χ1v) is 8.07. The fourth-order valence-electron chi connectivity index (χ4n) is 2.35. The van der Waals surface area contributed by atoms with Crippen LogP contribution in [0.2, 0.25) is 0 Å². The predicted octanol–water partition coefficient (Wildman–Crippen LogP) is 0.570. The van der Waals surface area contributed by atoms with Crippen molar-refractivity contribution in [2.75, 3.05) is 26.2 Å². The van der Waals surface area contributed by atoms with Crippen LogP contribution < -0.4 is 5.14 Å². The highest BCUT2D eigenvalue weighted by Gasteiger charge is 2.23. The Hall–Kier alpha value is -0.950. The molecule has 0 saturated carbocycles. The maximum Gasteiger partial charge on any atom is 0.276 e. The van der Waals surface area contributed by atoms with E-state index in [2.05, 4.69) is 36.1 Å². The molecule has 1 aliphatic rings. The second-order valence-electron chi connectivity index (χ2n) is 4.89. The van der Waals surface area contributed by atoms with Gasteiger partial charge >= 0.3 is 0 Å². The molecule has 1 saturated heterocycles. The van der Waals surface area contributed by atoms with Crippen LogP contribution >= 0.6 is 0 Å². The van der Waals surface area contributed by atoms with Crippen molar-refractivity contribution in [3.05, 3.63) is 35.4 Å². The summed E-state index contributed by atoms with van der Waals surface area (Å²) < 4.78 is 23.8. The third-order valence-corrected chi connectivity index (χ3v) is 4.58. The molecule has 1 fully saturated rings. The normalized spacial score (nSPS) is 18.6. The number of nitrogens with zero attached hydrogens (tertiary/aromatic N) is 2. The van der Waals surface area contributed by atoms with E-state index in [0.717, 1.165) is 26.1 Å². The van der Waals surface area contributed by atoms with Crippen molar-refractivity contribution in [3.63, 3.8) is 0 Å². The van der Waals surface area contributed by atoms with Crippen molar-refractivity contribution >= 4 is 10.2 Å². The van der Waals surface area contributed by atoms with Gasteiger partial charge in [0, 0.05) is 32.7 Å². The van der Waals surface area contributed by atoms with E-state index in [1.807, 2.05) is 0 Å². The first-order chi connectivity index (χ1) is 8.99. The van der Waals surface area contributed by atoms with Gasteiger partial charge < -0.3 is 0 Å². The van der Waals surface area contributed by atoms with Crippen LogP contribution in [0.1, 0.15) is 18.1 Å². The zero-order valence-corrected chi connectivity index (χ0v) is 12.1. The topological polar surface area (TPSA) is 66.6 Å². The van der Waals surface area contributed by atoms with Crippen molar-refractivity contribution in [1.29, 1.82) is 0 Å². The van der Waals surface area contributed by atoms with Crippen LogP contribution in [-0.2, 0) is 23.2 Å². The maximum atomic E-state index is 11.2. The second kappa shape index (κ2) is 6.00. The summed E-state index contributed by atoms with van der Waals surface area (Å²) in [5.41, 5.74) is 2.61. The molecular formula is C13H21N3O2S. The lowest BCUT2D eigenvalue weighted by Crippen LogP contribution is -2.50. The summed E-state index contributed by atoms with van der Waals surface area (Å²) in [4.78, 5) is 2.26. The molecule has 1 aliphatic heterocycles. The van der Waals surface area contributed by atoms with Gasteiger partial charge in [0.1, 0.15) is 0 Å². The summed E-state index contributed by atoms with van der Waals surface area (Å²) in [5.74, 6) is 0. The molecule has 0 spiro atoms. The summed E-state index contributed by atoms with van der Waals surface area (Å²) in [6.07, 6.45) is 1.03. The SMILES string of the molecule is CCc1cccc(CN2CCN(S(N)(=O)=O)CC2)c1. The fraction of sp³-hybridized carbons (Fsp3) is 0.538. The monoisotopic (exact) mass is 283 g/mol. The summed E-state index contributed by atoms with van der Waals surface area (Å²) in [6.45, 7) is 5.43. The van der Waals surface area contributed by atoms with E-state index in [1.165, 1.54) is 15.4 Å². The van der Waals surface area contributed by atoms with Gasteiger partial charge in [-0.15, -0.1) is 0 Å². The zero-order valence-electron chi connectivity index (χ0n) is 11.2. The van der Waals surface area contributed by atoms with Crippen LogP contribution in [0.4, 0.5) is 0 Å². The standard InChI is InChI=1S/C13H21N3O2S/c1-2-12-4-3-5-13(10-12)11-15-6-8-16(9-7-15)19(14,17)18/h3-5,10H,2,6-9,11H2,1H3,(H2,14,17,18). The van der Waals surface area contributed by atoms with Crippen molar-refractivity contribution in [1.82, 2.24) is 9.21 Å². The Morgan fingerprint density at radius 1 is 1.16 bits per heavy atom. The highest BCUT2D eigenvalue weighted by molar-refractivity contribution is 7.86. The van der Waals surface area contributed by atoms with Crippen molar-refractivity contribution in [2.45, 2.75) is 19.9 Å². The van der Waals surface area contributed by atoms with Gasteiger partial charge in [-0.1, -0.05) is 31.2 Å². The van der Waals surface area contributed by atoms with E-state index < -0.39 is 10.2 Å². The average Bonchev–Trinajstić information content (AvgIpc) is 2.38. The van der Waals surface area contributed by atoms with Gasteiger partial charge in [-0.05, 0) is 17.5 Å². The van der Waals surface area contributed by atoms with Gasteiger partial charge in [0.15, 0.2) is 0 Å². The van der Waals surface area contributed by atoms with E-state index in [9.17, 15) is 8.42 Å². The minimum absolute atomic E-state index is 0.478. The number of benzene rings is 1. The number of hydrogen-bond donors (Lipinski definition) is 1. The van der Waals surface area contributed by atoms with Gasteiger partial charge in [-0.25, -0.2) is 5.14 Å². The van der Waals surface area contributed by atoms with Crippen molar-refractivity contribution in [2.24, 2.45) is 5.14 Å². The van der Waals surface area contributed by atoms with E-state index in [-0.39, 0.29) is 0 Å². The Morgan fingerprint density at radius 2 is 1.79 bits per heavy atom. The lowest BCUT2D eigenvalue weighted by molar-refractivity contribution is 0.181. The summed E-state index contributed by atoms with van der Waals surface area (Å²) >= 11 is 0. The van der Waals surface area contributed by atoms with Crippen LogP contribution in [0.15, 0.2) is 24.3 Å². The number of nitrogens with two attached hydrogens (primary N) is 1. The van der Waals surface area contributed by atoms with E-state index >= 15 is 0 Å². The molecule has 2 N–H and O–H groups in total. The average molecular weight is 283 g/mol. The molecule has 0 radical (unpaired) electrons. The molecule has 0 unspecified atom stereocenters. The Bertz CT molecular complexity index is 522. The molecule has 0 bridgehead atoms. The maximum absolute atomic E-state index is 11.2. The smallest absolute Gasteiger partial charge is 0.276 e. The number of piperazine rings is 1. The summed E-state index contributed by atoms with van der Waals surface area (Å²) in [5, 5.41) is 5.13. The van der Waals surface area contributed by atoms with Gasteiger partial charge in [-0.2, -0.15) is 12.7 Å². The first-order valence-electron chi connectivity index (χ1n) is 6.57. The molecule has 106 valence electrons. The number of hydrogen-bond acceptors (Lipinski definition) is 3. The molecule has 0 atom stereocenters. The third kappa shape index (κ3) is 4.01. The first kappa shape index (κ1) is 14.5. The minimum atomic E-state index is -3.53. The highest BCUT2D eigenvalue weighted by Crippen LogP contribution is 2.12. The van der Waals surface area contributed by atoms with Gasteiger partial charge in [0.25, 0.3) is 10.2 Å². The molecule has 5 nitrogen and oxygen atoms in total. The largest absolute Gasteiger partial charge is 0.296 e. The third-order valence-electron chi connectivity index (χ3n) is 3.50. The Labute approximate surface area is 115 Å². The van der Waals surface area contributed by atoms with Crippen LogP contribution in [0.3, 0.4) is 0 Å². The quantitative estimate of drug-likeness (QED) is 0.878. The molecule has 0 aliphatic carbocycles. The zero-order chi connectivity index (χ0) is 13.9. The van der Waals surface area contributed by atoms with Gasteiger partial charge in [0.05, 0.1) is 0 Å². The molecule has 6 heteroatoms. The molecule has 1 heterocycles. The number of aryl methyl sites for hydroxylation is 1. The van der Waals surface area contributed by atoms with Crippen LogP contribution in [0.25, 0.3) is 0 Å². The summed E-state index contributed by atoms with van der Waals surface area (Å²) in [6, 6.07) is 8.54. The van der Waals surface area contributed by atoms with Crippen molar-refractivity contribution in [3.8, 4) is 0 Å². The lowest BCUT2D eigenvalue weighted by Gasteiger charge is -2.32. The molecule has 2 rings (SSSR count). The Kier molecular flexibility index (Phi) is 4.57. The van der Waals surface area contributed by atoms with Crippen molar-refractivity contribution < 1.29 is 8.42 Å². The molecule has 1 aromatic carbocycles. The molecule has 19 heavy (non-hydrogen) atoms.